The molecule has 2 N–H and O–H groups in total. The maximum Gasteiger partial charge on any atom is 0.186 e. The second-order valence-electron chi connectivity index (χ2n) is 3.54. The zero-order chi connectivity index (χ0) is 14.1. The van der Waals surface area contributed by atoms with Gasteiger partial charge in [-0.25, -0.2) is 0 Å². The molecule has 0 fully saturated rings. The number of hydrazone groups is 1. The molecular formula is C13H19N3O2S. The molecule has 1 rings (SSSR count). The number of hydrogen-bond donors (Lipinski definition) is 2. The predicted octanol–water partition coefficient (Wildman–Crippen LogP) is 1.91. The van der Waals surface area contributed by atoms with Gasteiger partial charge in [0.1, 0.15) is 0 Å². The number of thiocarbonyl (C=S) groups is 1. The van der Waals surface area contributed by atoms with Crippen molar-refractivity contribution in [3.63, 3.8) is 0 Å². The largest absolute Gasteiger partial charge is 0.492 e. The van der Waals surface area contributed by atoms with Gasteiger partial charge in [-0.3, -0.25) is 5.43 Å². The number of nitrogens with one attached hydrogen (secondary N) is 2. The first-order valence-electron chi connectivity index (χ1n) is 6.09. The van der Waals surface area contributed by atoms with Crippen LogP contribution >= 0.6 is 12.2 Å². The van der Waals surface area contributed by atoms with E-state index < -0.39 is 0 Å². The SMILES string of the molecule is CCNC(=S)N/N=C/c1cccc(OCC)c1OC. The van der Waals surface area contributed by atoms with Crippen molar-refractivity contribution in [3.8, 4) is 11.5 Å². The van der Waals surface area contributed by atoms with Crippen molar-refractivity contribution in [2.75, 3.05) is 20.3 Å². The molecule has 6 heteroatoms. The Morgan fingerprint density at radius 2 is 2.21 bits per heavy atom. The Kier molecular flexibility index (Phi) is 6.67. The summed E-state index contributed by atoms with van der Waals surface area (Å²) in [4.78, 5) is 0. The molecule has 0 amide bonds. The minimum absolute atomic E-state index is 0.485. The van der Waals surface area contributed by atoms with Crippen molar-refractivity contribution in [2.45, 2.75) is 13.8 Å². The summed E-state index contributed by atoms with van der Waals surface area (Å²) >= 11 is 5.01. The third-order valence-corrected chi connectivity index (χ3v) is 2.46. The predicted molar refractivity (Wildman–Crippen MR) is 81.2 cm³/mol. The first-order chi connectivity index (χ1) is 9.22. The summed E-state index contributed by atoms with van der Waals surface area (Å²) in [6.07, 6.45) is 1.64. The molecule has 0 spiro atoms. The van der Waals surface area contributed by atoms with Crippen molar-refractivity contribution in [1.29, 1.82) is 0 Å². The third-order valence-electron chi connectivity index (χ3n) is 2.22. The summed E-state index contributed by atoms with van der Waals surface area (Å²) in [5.74, 6) is 1.35. The smallest absolute Gasteiger partial charge is 0.186 e. The maximum atomic E-state index is 5.49. The van der Waals surface area contributed by atoms with Gasteiger partial charge in [0.15, 0.2) is 16.6 Å². The number of para-hydroxylation sites is 1. The molecule has 0 atom stereocenters. The lowest BCUT2D eigenvalue weighted by atomic mass is 10.2. The van der Waals surface area contributed by atoms with Crippen LogP contribution in [0.4, 0.5) is 0 Å². The van der Waals surface area contributed by atoms with Crippen molar-refractivity contribution >= 4 is 23.5 Å². The minimum atomic E-state index is 0.485. The monoisotopic (exact) mass is 281 g/mol. The van der Waals surface area contributed by atoms with Gasteiger partial charge in [0.25, 0.3) is 0 Å². The van der Waals surface area contributed by atoms with E-state index >= 15 is 0 Å². The number of rotatable bonds is 6. The number of nitrogens with zero attached hydrogens (tertiary/aromatic N) is 1. The fourth-order valence-corrected chi connectivity index (χ4v) is 1.68. The quantitative estimate of drug-likeness (QED) is 0.474. The molecule has 104 valence electrons. The van der Waals surface area contributed by atoms with Gasteiger partial charge < -0.3 is 14.8 Å². The number of ether oxygens (including phenoxy) is 2. The van der Waals surface area contributed by atoms with Crippen LogP contribution in [-0.2, 0) is 0 Å². The standard InChI is InChI=1S/C13H19N3O2S/c1-4-14-13(19)16-15-9-10-7-6-8-11(18-5-2)12(10)17-3/h6-9H,4-5H2,1-3H3,(H2,14,16,19)/b15-9+. The van der Waals surface area contributed by atoms with Crippen molar-refractivity contribution in [1.82, 2.24) is 10.7 Å². The van der Waals surface area contributed by atoms with Gasteiger partial charge in [0.2, 0.25) is 0 Å². The second-order valence-corrected chi connectivity index (χ2v) is 3.95. The summed E-state index contributed by atoms with van der Waals surface area (Å²) in [6.45, 7) is 5.23. The van der Waals surface area contributed by atoms with Gasteiger partial charge in [-0.1, -0.05) is 6.07 Å². The molecule has 19 heavy (non-hydrogen) atoms. The summed E-state index contributed by atoms with van der Waals surface area (Å²) < 4.78 is 10.8. The number of benzene rings is 1. The van der Waals surface area contributed by atoms with Gasteiger partial charge in [-0.05, 0) is 38.2 Å². The molecule has 5 nitrogen and oxygen atoms in total. The van der Waals surface area contributed by atoms with E-state index in [1.165, 1.54) is 0 Å². The highest BCUT2D eigenvalue weighted by Gasteiger charge is 2.07. The van der Waals surface area contributed by atoms with Crippen molar-refractivity contribution in [3.05, 3.63) is 23.8 Å². The third kappa shape index (κ3) is 4.75. The average Bonchev–Trinajstić information content (AvgIpc) is 2.40. The van der Waals surface area contributed by atoms with E-state index in [0.717, 1.165) is 12.1 Å². The van der Waals surface area contributed by atoms with E-state index in [1.54, 1.807) is 13.3 Å². The Labute approximate surface area is 119 Å². The molecule has 0 unspecified atom stereocenters. The van der Waals surface area contributed by atoms with Crippen LogP contribution in [0.1, 0.15) is 19.4 Å². The van der Waals surface area contributed by atoms with Crippen LogP contribution in [0.25, 0.3) is 0 Å². The zero-order valence-electron chi connectivity index (χ0n) is 11.4. The van der Waals surface area contributed by atoms with E-state index in [-0.39, 0.29) is 0 Å². The highest BCUT2D eigenvalue weighted by atomic mass is 32.1. The zero-order valence-corrected chi connectivity index (χ0v) is 12.2. The van der Waals surface area contributed by atoms with E-state index in [1.807, 2.05) is 32.0 Å². The minimum Gasteiger partial charge on any atom is -0.492 e. The molecule has 0 bridgehead atoms. The molecular weight excluding hydrogens is 262 g/mol. The number of methoxy groups -OCH3 is 1. The van der Waals surface area contributed by atoms with Crippen LogP contribution in [0, 0.1) is 0 Å². The van der Waals surface area contributed by atoms with Crippen LogP contribution in [-0.4, -0.2) is 31.6 Å². The summed E-state index contributed by atoms with van der Waals surface area (Å²) in [5.41, 5.74) is 3.55. The summed E-state index contributed by atoms with van der Waals surface area (Å²) in [6, 6.07) is 5.64. The van der Waals surface area contributed by atoms with Gasteiger partial charge in [-0.15, -0.1) is 0 Å². The van der Waals surface area contributed by atoms with E-state index in [4.69, 9.17) is 21.7 Å². The second kappa shape index (κ2) is 8.31. The average molecular weight is 281 g/mol. The maximum absolute atomic E-state index is 5.49. The van der Waals surface area contributed by atoms with Crippen LogP contribution in [0.5, 0.6) is 11.5 Å². The summed E-state index contributed by atoms with van der Waals surface area (Å²) in [5, 5.41) is 7.48. The van der Waals surface area contributed by atoms with Crippen LogP contribution in [0.15, 0.2) is 23.3 Å². The Bertz CT molecular complexity index is 450. The Hall–Kier alpha value is -1.82. The van der Waals surface area contributed by atoms with Gasteiger partial charge in [0, 0.05) is 12.1 Å². The fourth-order valence-electron chi connectivity index (χ4n) is 1.48. The lowest BCUT2D eigenvalue weighted by molar-refractivity contribution is 0.310. The first-order valence-corrected chi connectivity index (χ1v) is 6.50. The molecule has 0 aromatic heterocycles. The molecule has 0 aliphatic carbocycles. The highest BCUT2D eigenvalue weighted by Crippen LogP contribution is 2.29. The molecule has 0 aliphatic rings. The molecule has 0 saturated heterocycles. The summed E-state index contributed by atoms with van der Waals surface area (Å²) in [7, 11) is 1.60. The molecule has 0 aliphatic heterocycles. The molecule has 0 heterocycles. The topological polar surface area (TPSA) is 54.9 Å². The van der Waals surface area contributed by atoms with Gasteiger partial charge in [-0.2, -0.15) is 5.10 Å². The van der Waals surface area contributed by atoms with E-state index in [0.29, 0.717) is 23.2 Å². The molecule has 1 aromatic carbocycles. The Morgan fingerprint density at radius 1 is 1.42 bits per heavy atom. The van der Waals surface area contributed by atoms with Gasteiger partial charge in [0.05, 0.1) is 19.9 Å². The molecule has 0 radical (unpaired) electrons. The fraction of sp³-hybridized carbons (Fsp3) is 0.385. The van der Waals surface area contributed by atoms with Crippen molar-refractivity contribution < 1.29 is 9.47 Å². The highest BCUT2D eigenvalue weighted by molar-refractivity contribution is 7.80. The molecule has 1 aromatic rings. The van der Waals surface area contributed by atoms with Crippen LogP contribution in [0.2, 0.25) is 0 Å². The normalized spacial score (nSPS) is 10.3. The Balaban J connectivity index is 2.79. The molecule has 0 saturated carbocycles. The van der Waals surface area contributed by atoms with Crippen LogP contribution < -0.4 is 20.2 Å². The van der Waals surface area contributed by atoms with Gasteiger partial charge >= 0.3 is 0 Å². The Morgan fingerprint density at radius 3 is 2.84 bits per heavy atom. The van der Waals surface area contributed by atoms with Crippen LogP contribution in [0.3, 0.4) is 0 Å². The van der Waals surface area contributed by atoms with E-state index in [2.05, 4.69) is 15.8 Å². The van der Waals surface area contributed by atoms with E-state index in [9.17, 15) is 0 Å². The lowest BCUT2D eigenvalue weighted by Gasteiger charge is -2.11. The number of hydrogen-bond acceptors (Lipinski definition) is 4. The lowest BCUT2D eigenvalue weighted by Crippen LogP contribution is -2.31. The van der Waals surface area contributed by atoms with Crippen molar-refractivity contribution in [2.24, 2.45) is 5.10 Å². The first kappa shape index (κ1) is 15.2.